The van der Waals surface area contributed by atoms with Crippen molar-refractivity contribution >= 4 is 17.1 Å². The van der Waals surface area contributed by atoms with E-state index in [0.29, 0.717) is 110 Å². The van der Waals surface area contributed by atoms with Gasteiger partial charge >= 0.3 is 0 Å². The summed E-state index contributed by atoms with van der Waals surface area (Å²) in [7, 11) is -2.32. The Kier molecular flexibility index (Phi) is 37.4. The van der Waals surface area contributed by atoms with E-state index in [1.807, 2.05) is 0 Å². The Hall–Kier alpha value is -2.12. The van der Waals surface area contributed by atoms with Gasteiger partial charge in [0.1, 0.15) is 13.2 Å². The predicted octanol–water partition coefficient (Wildman–Crippen LogP) is 12.5. The fourth-order valence-corrected chi connectivity index (χ4v) is 9.78. The van der Waals surface area contributed by atoms with Crippen LogP contribution < -0.4 is 0 Å². The highest BCUT2D eigenvalue weighted by atomic mass is 31.2. The molecule has 64 heavy (non-hydrogen) atoms. The maximum Gasteiger partial charge on any atom is 0.259 e. The van der Waals surface area contributed by atoms with Crippen molar-refractivity contribution in [1.82, 2.24) is 9.34 Å². The Balaban J connectivity index is 0.000000641. The van der Waals surface area contributed by atoms with Gasteiger partial charge in [0.2, 0.25) is 13.1 Å². The van der Waals surface area contributed by atoms with Gasteiger partial charge < -0.3 is 46.7 Å². The smallest absolute Gasteiger partial charge is 0.259 e. The van der Waals surface area contributed by atoms with Crippen molar-refractivity contribution in [2.24, 2.45) is 0 Å². The van der Waals surface area contributed by atoms with Gasteiger partial charge in [0, 0.05) is 30.8 Å². The van der Waals surface area contributed by atoms with Gasteiger partial charge in [0.05, 0.1) is 59.5 Å². The molecule has 2 aromatic rings. The van der Waals surface area contributed by atoms with Gasteiger partial charge in [-0.15, -0.1) is 0 Å². The van der Waals surface area contributed by atoms with Gasteiger partial charge in [0.25, 0.3) is 17.1 Å². The number of nitrogens with zero attached hydrogens (tertiary/aromatic N) is 4. The third-order valence-electron chi connectivity index (χ3n) is 9.52. The number of rotatable bonds is 38. The third kappa shape index (κ3) is 29.5. The highest BCUT2D eigenvalue weighted by Gasteiger charge is 2.28. The van der Waals surface area contributed by atoms with Crippen LogP contribution in [0.1, 0.15) is 130 Å². The molecule has 0 aliphatic carbocycles. The summed E-state index contributed by atoms with van der Waals surface area (Å²) in [5.74, 6) is 0. The molecule has 14 heteroatoms. The molecule has 0 aromatic heterocycles. The van der Waals surface area contributed by atoms with Crippen LogP contribution in [-0.4, -0.2) is 113 Å². The van der Waals surface area contributed by atoms with Crippen molar-refractivity contribution in [3.05, 3.63) is 93.6 Å². The largest absolute Gasteiger partial charge is 0.377 e. The summed E-state index contributed by atoms with van der Waals surface area (Å²) in [6.07, 6.45) is 8.99. The molecule has 0 saturated heterocycles. The van der Waals surface area contributed by atoms with Crippen LogP contribution in [0.4, 0.5) is 0 Å². The van der Waals surface area contributed by atoms with Crippen LogP contribution >= 0.6 is 17.1 Å². The number of hydrogen-bond donors (Lipinski definition) is 0. The van der Waals surface area contributed by atoms with Crippen molar-refractivity contribution < 1.29 is 37.0 Å². The maximum absolute atomic E-state index is 6.95. The first-order valence-corrected chi connectivity index (χ1v) is 26.1. The van der Waals surface area contributed by atoms with Crippen molar-refractivity contribution in [1.29, 1.82) is 0 Å². The Morgan fingerprint density at radius 2 is 0.750 bits per heavy atom. The van der Waals surface area contributed by atoms with Crippen molar-refractivity contribution in [2.75, 3.05) is 79.2 Å². The second-order valence-electron chi connectivity index (χ2n) is 16.6. The van der Waals surface area contributed by atoms with Crippen LogP contribution in [-0.2, 0) is 63.1 Å². The maximum atomic E-state index is 6.95. The minimum Gasteiger partial charge on any atom is -0.377 e. The Bertz CT molecular complexity index is 1440. The van der Waals surface area contributed by atoms with E-state index in [2.05, 4.69) is 137 Å². The van der Waals surface area contributed by atoms with Gasteiger partial charge in [-0.2, -0.15) is 0 Å². The second kappa shape index (κ2) is 40.0. The monoisotopic (exact) mass is 933 g/mol. The number of aryl methyl sites for hydroxylation is 2. The summed E-state index contributed by atoms with van der Waals surface area (Å²) in [6.45, 7) is 42.8. The number of benzene rings is 2. The van der Waals surface area contributed by atoms with E-state index in [4.69, 9.17) is 50.2 Å². The first-order valence-electron chi connectivity index (χ1n) is 23.8. The standard InChI is InChI=1S/C25H43N2O5P.C25H43N2O3P/c1-7-8-24-9-11-25(12-10-24)21-30-18-17-28-15-16-29-19-20-32-33(31-14-13-26-6)27(22(2)3)23(4)5;1-7-12-24-13-15-25(16-14-24)21-28-18-10-8-9-11-19-29-31(30-20-17-26-6)27(22(2)3)23(4)5/h9-12,22-23H,7-8,13-21H2,1-5H3;13-16,22-23H,7-12,17-21H2,1-5H3. The van der Waals surface area contributed by atoms with E-state index in [1.165, 1.54) is 35.1 Å². The summed E-state index contributed by atoms with van der Waals surface area (Å²) in [6, 6.07) is 18.7. The second-order valence-corrected chi connectivity index (χ2v) is 19.5. The normalized spacial score (nSPS) is 12.6. The summed E-state index contributed by atoms with van der Waals surface area (Å²) in [4.78, 5) is 6.73. The number of unbranched alkanes of at least 4 members (excludes halogenated alkanes) is 3. The van der Waals surface area contributed by atoms with E-state index < -0.39 is 17.1 Å². The molecule has 2 aromatic carbocycles. The number of ether oxygens (including phenoxy) is 4. The molecule has 0 fully saturated rings. The van der Waals surface area contributed by atoms with Crippen LogP contribution in [0.2, 0.25) is 0 Å². The van der Waals surface area contributed by atoms with Crippen LogP contribution in [0, 0.1) is 13.1 Å². The molecule has 0 spiro atoms. The van der Waals surface area contributed by atoms with Crippen molar-refractivity contribution in [3.63, 3.8) is 0 Å². The number of hydrogen-bond acceptors (Lipinski definition) is 10. The zero-order valence-corrected chi connectivity index (χ0v) is 43.2. The van der Waals surface area contributed by atoms with Crippen LogP contribution in [0.25, 0.3) is 9.69 Å². The van der Waals surface area contributed by atoms with Gasteiger partial charge in [-0.25, -0.2) is 22.5 Å². The van der Waals surface area contributed by atoms with Crippen LogP contribution in [0.5, 0.6) is 0 Å². The molecule has 2 atom stereocenters. The molecule has 364 valence electrons. The lowest BCUT2D eigenvalue weighted by atomic mass is 10.1. The summed E-state index contributed by atoms with van der Waals surface area (Å²) in [5.41, 5.74) is 5.21. The highest BCUT2D eigenvalue weighted by molar-refractivity contribution is 7.44. The molecule has 0 aliphatic heterocycles. The van der Waals surface area contributed by atoms with E-state index in [1.54, 1.807) is 0 Å². The molecule has 0 bridgehead atoms. The van der Waals surface area contributed by atoms with Crippen LogP contribution in [0.3, 0.4) is 0 Å². The molecule has 0 radical (unpaired) electrons. The first kappa shape index (κ1) is 59.9. The molecule has 0 N–H and O–H groups in total. The molecule has 0 saturated carbocycles. The molecular formula is C50H86N4O8P2. The molecule has 0 amide bonds. The van der Waals surface area contributed by atoms with E-state index in [-0.39, 0.29) is 0 Å². The molecule has 2 unspecified atom stereocenters. The average Bonchev–Trinajstić information content (AvgIpc) is 3.26. The predicted molar refractivity (Wildman–Crippen MR) is 265 cm³/mol. The Labute approximate surface area is 392 Å². The van der Waals surface area contributed by atoms with E-state index in [9.17, 15) is 0 Å². The Morgan fingerprint density at radius 3 is 1.14 bits per heavy atom. The first-order chi connectivity index (χ1) is 31.0. The highest BCUT2D eigenvalue weighted by Crippen LogP contribution is 2.46. The topological polar surface area (TPSA) is 89.0 Å². The summed E-state index contributed by atoms with van der Waals surface area (Å²) in [5, 5.41) is 0. The van der Waals surface area contributed by atoms with E-state index in [0.717, 1.165) is 45.1 Å². The van der Waals surface area contributed by atoms with Gasteiger partial charge in [-0.1, -0.05) is 88.1 Å². The fraction of sp³-hybridized carbons (Fsp3) is 0.720. The molecule has 0 aliphatic rings. The third-order valence-corrected chi connectivity index (χ3v) is 13.7. The van der Waals surface area contributed by atoms with Crippen molar-refractivity contribution in [3.8, 4) is 0 Å². The summed E-state index contributed by atoms with van der Waals surface area (Å²) >= 11 is 0. The zero-order valence-electron chi connectivity index (χ0n) is 41.4. The van der Waals surface area contributed by atoms with Crippen molar-refractivity contribution in [2.45, 2.75) is 158 Å². The van der Waals surface area contributed by atoms with Gasteiger partial charge in [0.15, 0.2) is 0 Å². The minimum absolute atomic E-state index is 0.293. The fourth-order valence-electron chi connectivity index (χ4n) is 6.60. The minimum atomic E-state index is -1.21. The molecular weight excluding hydrogens is 847 g/mol. The zero-order chi connectivity index (χ0) is 47.2. The Morgan fingerprint density at radius 1 is 0.422 bits per heavy atom. The lowest BCUT2D eigenvalue weighted by molar-refractivity contribution is 0.00499. The van der Waals surface area contributed by atoms with Gasteiger partial charge in [-0.05, 0) is 103 Å². The molecule has 0 heterocycles. The molecule has 2 rings (SSSR count). The van der Waals surface area contributed by atoms with E-state index >= 15 is 0 Å². The molecule has 12 nitrogen and oxygen atoms in total. The van der Waals surface area contributed by atoms with Crippen LogP contribution in [0.15, 0.2) is 48.5 Å². The van der Waals surface area contributed by atoms with Gasteiger partial charge in [-0.3, -0.25) is 0 Å². The SMILES string of the molecule is [C-]#[N+]CCOP(OCCCCCCOCc1ccc(CCC)cc1)N(C(C)C)C(C)C.[C-]#[N+]CCOP(OCCOCCOCCOCc1ccc(CCC)cc1)N(C(C)C)C(C)C. The quantitative estimate of drug-likeness (QED) is 0.0368. The lowest BCUT2D eigenvalue weighted by Gasteiger charge is -2.35. The average molecular weight is 933 g/mol. The lowest BCUT2D eigenvalue weighted by Crippen LogP contribution is -2.34. The summed E-state index contributed by atoms with van der Waals surface area (Å²) < 4.78 is 51.0.